The fourth-order valence-corrected chi connectivity index (χ4v) is 3.52. The van der Waals surface area contributed by atoms with Gasteiger partial charge in [-0.3, -0.25) is 4.79 Å². The van der Waals surface area contributed by atoms with Crippen molar-refractivity contribution in [1.82, 2.24) is 5.48 Å². The molecule has 1 amide bonds. The molecule has 1 fully saturated rings. The molecular weight excluding hydrogens is 460 g/mol. The van der Waals surface area contributed by atoms with Crippen molar-refractivity contribution < 1.29 is 44.4 Å². The van der Waals surface area contributed by atoms with Gasteiger partial charge in [0.25, 0.3) is 5.91 Å². The van der Waals surface area contributed by atoms with Gasteiger partial charge in [-0.25, -0.2) is 10.3 Å². The second-order valence-electron chi connectivity index (χ2n) is 8.08. The van der Waals surface area contributed by atoms with E-state index < -0.39 is 43.2 Å². The molecule has 0 bridgehead atoms. The van der Waals surface area contributed by atoms with Crippen LogP contribution in [-0.4, -0.2) is 76.5 Å². The average Bonchev–Trinajstić information content (AvgIpc) is 2.86. The van der Waals surface area contributed by atoms with Crippen molar-refractivity contribution >= 4 is 11.6 Å². The number of ether oxygens (including phenoxy) is 2. The quantitative estimate of drug-likeness (QED) is 0.242. The van der Waals surface area contributed by atoms with Gasteiger partial charge in [-0.05, 0) is 36.6 Å². The van der Waals surface area contributed by atoms with Crippen molar-refractivity contribution in [1.29, 1.82) is 0 Å². The predicted molar refractivity (Wildman–Crippen MR) is 123 cm³/mol. The van der Waals surface area contributed by atoms with E-state index in [0.29, 0.717) is 16.9 Å². The molecule has 5 atom stereocenters. The van der Waals surface area contributed by atoms with Gasteiger partial charge in [0.1, 0.15) is 43.9 Å². The maximum atomic E-state index is 12.9. The number of hydrogen-bond acceptors (Lipinski definition) is 10. The van der Waals surface area contributed by atoms with Crippen LogP contribution in [0.5, 0.6) is 5.75 Å². The molecule has 1 heterocycles. The molecule has 35 heavy (non-hydrogen) atoms. The number of nitrogens with zero attached hydrogens (tertiary/aromatic N) is 1. The summed E-state index contributed by atoms with van der Waals surface area (Å²) in [7, 11) is 1.28. The van der Waals surface area contributed by atoms with Crippen molar-refractivity contribution in [3.05, 3.63) is 64.7 Å². The summed E-state index contributed by atoms with van der Waals surface area (Å²) in [6.45, 7) is 3.40. The van der Waals surface area contributed by atoms with Gasteiger partial charge in [0.05, 0.1) is 6.61 Å². The second-order valence-corrected chi connectivity index (χ2v) is 8.08. The zero-order valence-corrected chi connectivity index (χ0v) is 19.6. The lowest BCUT2D eigenvalue weighted by Crippen LogP contribution is -2.60. The third-order valence-electron chi connectivity index (χ3n) is 5.51. The highest BCUT2D eigenvalue weighted by atomic mass is 16.8. The van der Waals surface area contributed by atoms with Gasteiger partial charge in [0, 0.05) is 5.56 Å². The molecule has 2 aromatic rings. The molecule has 0 radical (unpaired) electrons. The Bertz CT molecular complexity index is 1040. The molecule has 1 saturated heterocycles. The summed E-state index contributed by atoms with van der Waals surface area (Å²) in [6.07, 6.45) is -7.64. The Hall–Kier alpha value is -3.06. The lowest BCUT2D eigenvalue weighted by Gasteiger charge is -2.39. The first-order chi connectivity index (χ1) is 16.8. The molecule has 11 heteroatoms. The zero-order chi connectivity index (χ0) is 25.5. The molecule has 0 aliphatic carbocycles. The van der Waals surface area contributed by atoms with Crippen LogP contribution in [-0.2, 0) is 25.8 Å². The topological polar surface area (TPSA) is 159 Å². The Morgan fingerprint density at radius 2 is 1.83 bits per heavy atom. The molecule has 0 saturated carbocycles. The summed E-state index contributed by atoms with van der Waals surface area (Å²) in [5, 5.41) is 43.0. The summed E-state index contributed by atoms with van der Waals surface area (Å²) >= 11 is 0. The van der Waals surface area contributed by atoms with Crippen LogP contribution in [0, 0.1) is 13.8 Å². The number of oxime groups is 1. The molecule has 0 spiro atoms. The number of carbonyl (C=O) groups is 1. The number of aliphatic hydroxyl groups excluding tert-OH is 4. The first-order valence-corrected chi connectivity index (χ1v) is 10.9. The van der Waals surface area contributed by atoms with Crippen LogP contribution in [0.3, 0.4) is 0 Å². The maximum absolute atomic E-state index is 12.9. The van der Waals surface area contributed by atoms with E-state index in [-0.39, 0.29) is 12.3 Å². The summed E-state index contributed by atoms with van der Waals surface area (Å²) in [6, 6.07) is 12.8. The van der Waals surface area contributed by atoms with E-state index in [0.717, 1.165) is 11.1 Å². The molecule has 0 unspecified atom stereocenters. The van der Waals surface area contributed by atoms with Crippen LogP contribution in [0.2, 0.25) is 0 Å². The highest BCUT2D eigenvalue weighted by Crippen LogP contribution is 2.23. The second kappa shape index (κ2) is 12.1. The molecule has 1 aliphatic rings. The number of nitrogens with one attached hydrogen (secondary N) is 1. The van der Waals surface area contributed by atoms with Gasteiger partial charge >= 0.3 is 0 Å². The van der Waals surface area contributed by atoms with Gasteiger partial charge in [0.15, 0.2) is 5.71 Å². The third kappa shape index (κ3) is 6.34. The fourth-order valence-electron chi connectivity index (χ4n) is 3.52. The Labute approximate surface area is 202 Å². The van der Waals surface area contributed by atoms with Crippen LogP contribution in [0.4, 0.5) is 0 Å². The van der Waals surface area contributed by atoms with Crippen molar-refractivity contribution in [2.24, 2.45) is 5.16 Å². The number of aliphatic hydroxyl groups is 4. The minimum Gasteiger partial charge on any atom is -0.489 e. The van der Waals surface area contributed by atoms with E-state index in [1.165, 1.54) is 7.11 Å². The molecule has 190 valence electrons. The highest BCUT2D eigenvalue weighted by Gasteiger charge is 2.44. The highest BCUT2D eigenvalue weighted by molar-refractivity contribution is 6.45. The maximum Gasteiger partial charge on any atom is 0.297 e. The number of amides is 1. The van der Waals surface area contributed by atoms with Crippen molar-refractivity contribution in [2.75, 3.05) is 13.7 Å². The van der Waals surface area contributed by atoms with Crippen molar-refractivity contribution in [3.63, 3.8) is 0 Å². The molecule has 1 aliphatic heterocycles. The molecular formula is C24H30N2O9. The Morgan fingerprint density at radius 3 is 2.54 bits per heavy atom. The van der Waals surface area contributed by atoms with Gasteiger partial charge < -0.3 is 34.7 Å². The molecule has 5 N–H and O–H groups in total. The SMILES string of the molecule is CO/N=C(/C(=O)NO[C@@H]1O[C@H](CO)[C@@H](O)[C@H](O)[C@H]1O)c1ccccc1COc1cc(C)ccc1C. The lowest BCUT2D eigenvalue weighted by atomic mass is 9.99. The van der Waals surface area contributed by atoms with Gasteiger partial charge in [0.2, 0.25) is 6.29 Å². The van der Waals surface area contributed by atoms with Crippen LogP contribution < -0.4 is 10.2 Å². The summed E-state index contributed by atoms with van der Waals surface area (Å²) in [4.78, 5) is 22.9. The van der Waals surface area contributed by atoms with E-state index in [2.05, 4.69) is 10.6 Å². The van der Waals surface area contributed by atoms with Crippen molar-refractivity contribution in [3.8, 4) is 5.75 Å². The molecule has 0 aromatic heterocycles. The number of aryl methyl sites for hydroxylation is 2. The number of carbonyl (C=O) groups excluding carboxylic acids is 1. The standard InChI is InChI=1S/C24H30N2O9/c1-13-8-9-14(2)17(10-13)33-12-15-6-4-5-7-16(15)19(25-32-3)23(31)26-35-24-22(30)21(29)20(28)18(11-27)34-24/h4-10,18,20-22,24,27-30H,11-12H2,1-3H3,(H,26,31)/b25-19+/t18-,20-,21+,22-,24+/m1/s1. The fraction of sp³-hybridized carbons (Fsp3) is 0.417. The van der Waals surface area contributed by atoms with Gasteiger partial charge in [-0.1, -0.05) is 41.6 Å². The average molecular weight is 491 g/mol. The van der Waals surface area contributed by atoms with E-state index in [9.17, 15) is 25.2 Å². The predicted octanol–water partition coefficient (Wildman–Crippen LogP) is 0.0806. The van der Waals surface area contributed by atoms with Crippen LogP contribution in [0.25, 0.3) is 0 Å². The largest absolute Gasteiger partial charge is 0.489 e. The summed E-state index contributed by atoms with van der Waals surface area (Å²) in [5.74, 6) is -0.122. The Kier molecular flexibility index (Phi) is 9.15. The van der Waals surface area contributed by atoms with E-state index >= 15 is 0 Å². The van der Waals surface area contributed by atoms with E-state index in [4.69, 9.17) is 19.1 Å². The van der Waals surface area contributed by atoms with Crippen molar-refractivity contribution in [2.45, 2.75) is 51.2 Å². The van der Waals surface area contributed by atoms with E-state index in [1.807, 2.05) is 32.0 Å². The molecule has 3 rings (SSSR count). The normalized spacial score (nSPS) is 24.7. The van der Waals surface area contributed by atoms with Gasteiger partial charge in [-0.15, -0.1) is 0 Å². The smallest absolute Gasteiger partial charge is 0.297 e. The number of hydroxylamine groups is 1. The Morgan fingerprint density at radius 1 is 1.09 bits per heavy atom. The summed E-state index contributed by atoms with van der Waals surface area (Å²) < 4.78 is 11.2. The number of hydrogen-bond donors (Lipinski definition) is 5. The third-order valence-corrected chi connectivity index (χ3v) is 5.51. The van der Waals surface area contributed by atoms with Crippen LogP contribution in [0.1, 0.15) is 22.3 Å². The number of benzene rings is 2. The minimum atomic E-state index is -1.69. The molecule has 2 aromatic carbocycles. The number of rotatable bonds is 9. The lowest BCUT2D eigenvalue weighted by molar-refractivity contribution is -0.312. The van der Waals surface area contributed by atoms with E-state index in [1.54, 1.807) is 24.3 Å². The Balaban J connectivity index is 1.74. The zero-order valence-electron chi connectivity index (χ0n) is 19.6. The summed E-state index contributed by atoms with van der Waals surface area (Å²) in [5.41, 5.74) is 5.04. The monoisotopic (exact) mass is 490 g/mol. The first kappa shape index (κ1) is 26.5. The first-order valence-electron chi connectivity index (χ1n) is 10.9. The minimum absolute atomic E-state index is 0.141. The van der Waals surface area contributed by atoms with Crippen LogP contribution in [0.15, 0.2) is 47.6 Å². The van der Waals surface area contributed by atoms with Gasteiger partial charge in [-0.2, -0.15) is 0 Å². The van der Waals surface area contributed by atoms with Crippen LogP contribution >= 0.6 is 0 Å². The molecule has 11 nitrogen and oxygen atoms in total.